The molecule has 9 heteroatoms. The number of Topliss-reactive ketones (excluding diaryl/α,β-unsaturated/α-hetero) is 1. The second kappa shape index (κ2) is 10.8. The predicted octanol–water partition coefficient (Wildman–Crippen LogP) is 5.17. The molecule has 0 saturated heterocycles. The van der Waals surface area contributed by atoms with Crippen LogP contribution in [0.15, 0.2) is 71.8 Å². The van der Waals surface area contributed by atoms with E-state index in [-0.39, 0.29) is 28.7 Å². The van der Waals surface area contributed by atoms with Crippen molar-refractivity contribution in [3.05, 3.63) is 94.5 Å². The molecular weight excluding hydrogens is 500 g/mol. The first kappa shape index (κ1) is 26.5. The number of nitrogen functional groups attached to an aromatic ring is 1. The molecule has 0 atom stereocenters. The van der Waals surface area contributed by atoms with Gasteiger partial charge >= 0.3 is 0 Å². The van der Waals surface area contributed by atoms with E-state index in [0.717, 1.165) is 27.8 Å². The number of carbonyl (C=O) groups excluding carboxylic acids is 1. The predicted molar refractivity (Wildman–Crippen MR) is 145 cm³/mol. The van der Waals surface area contributed by atoms with Gasteiger partial charge in [0.1, 0.15) is 17.3 Å². The van der Waals surface area contributed by atoms with Gasteiger partial charge in [-0.2, -0.15) is 5.26 Å². The van der Waals surface area contributed by atoms with Crippen molar-refractivity contribution in [3.63, 3.8) is 0 Å². The van der Waals surface area contributed by atoms with Crippen LogP contribution in [0, 0.1) is 32.1 Å². The zero-order valence-corrected chi connectivity index (χ0v) is 22.0. The summed E-state index contributed by atoms with van der Waals surface area (Å²) < 4.78 is 32.1. The van der Waals surface area contributed by atoms with E-state index in [4.69, 9.17) is 15.7 Å². The fraction of sp³-hybridized carbons (Fsp3) is 0.172. The Hall–Kier alpha value is -4.55. The first-order valence-corrected chi connectivity index (χ1v) is 13.4. The first-order valence-electron chi connectivity index (χ1n) is 11.8. The molecule has 0 radical (unpaired) electrons. The van der Waals surface area contributed by atoms with Crippen molar-refractivity contribution in [2.75, 3.05) is 11.5 Å². The summed E-state index contributed by atoms with van der Waals surface area (Å²) in [6.07, 6.45) is 0.290. The van der Waals surface area contributed by atoms with E-state index < -0.39 is 21.4 Å². The minimum absolute atomic E-state index is 0.000566. The van der Waals surface area contributed by atoms with Crippen molar-refractivity contribution < 1.29 is 17.9 Å². The maximum absolute atomic E-state index is 13.3. The summed E-state index contributed by atoms with van der Waals surface area (Å²) >= 11 is 0. The van der Waals surface area contributed by atoms with E-state index in [9.17, 15) is 13.2 Å². The van der Waals surface area contributed by atoms with Crippen LogP contribution in [0.4, 0.5) is 5.82 Å². The number of ether oxygens (including phenoxy) is 1. The van der Waals surface area contributed by atoms with Crippen LogP contribution in [0.2, 0.25) is 0 Å². The smallest absolute Gasteiger partial charge is 0.230 e. The normalized spacial score (nSPS) is 11.1. The van der Waals surface area contributed by atoms with Gasteiger partial charge in [-0.3, -0.25) is 4.79 Å². The van der Waals surface area contributed by atoms with E-state index in [0.29, 0.717) is 11.4 Å². The van der Waals surface area contributed by atoms with Crippen LogP contribution < -0.4 is 10.5 Å². The lowest BCUT2D eigenvalue weighted by atomic mass is 10.1. The lowest BCUT2D eigenvalue weighted by Gasteiger charge is -2.16. The van der Waals surface area contributed by atoms with Gasteiger partial charge in [-0.1, -0.05) is 48.0 Å². The molecule has 2 heterocycles. The number of aromatic nitrogens is 2. The molecule has 2 N–H and O–H groups in total. The number of pyridine rings is 2. The fourth-order valence-corrected chi connectivity index (χ4v) is 5.31. The summed E-state index contributed by atoms with van der Waals surface area (Å²) in [6, 6.07) is 20.7. The van der Waals surface area contributed by atoms with Crippen LogP contribution in [0.1, 0.15) is 32.6 Å². The summed E-state index contributed by atoms with van der Waals surface area (Å²) in [5.41, 5.74) is 10.6. The molecule has 0 saturated carbocycles. The van der Waals surface area contributed by atoms with Crippen molar-refractivity contribution in [1.29, 1.82) is 5.26 Å². The van der Waals surface area contributed by atoms with E-state index in [2.05, 4.69) is 16.0 Å². The number of aryl methyl sites for hydroxylation is 3. The Labute approximate surface area is 221 Å². The molecule has 4 rings (SSSR count). The fourth-order valence-electron chi connectivity index (χ4n) is 4.13. The standard InChI is InChI=1S/C29H26N4O4S/c1-18-15-19(2)28(20(3)16-18)37-29-23(25(34)17-38(35,36)27-6-4-5-26(31)33-27)11-12-24(32-29)22-9-7-21(8-10-22)13-14-30/h4-12,15-16H,13,17H2,1-3H3,(H2,31,33). The van der Waals surface area contributed by atoms with Gasteiger partial charge in [-0.15, -0.1) is 0 Å². The number of benzene rings is 2. The SMILES string of the molecule is Cc1cc(C)c(Oc2nc(-c3ccc(CC#N)cc3)ccc2C(=O)CS(=O)(=O)c2cccc(N)n2)c(C)c1. The van der Waals surface area contributed by atoms with Gasteiger partial charge in [0.05, 0.1) is 23.7 Å². The van der Waals surface area contributed by atoms with Gasteiger partial charge in [-0.05, 0) is 61.7 Å². The van der Waals surface area contributed by atoms with Crippen molar-refractivity contribution >= 4 is 21.4 Å². The van der Waals surface area contributed by atoms with Crippen molar-refractivity contribution in [2.24, 2.45) is 0 Å². The Morgan fingerprint density at radius 3 is 2.29 bits per heavy atom. The molecule has 0 aliphatic carbocycles. The van der Waals surface area contributed by atoms with Crippen LogP contribution in [-0.2, 0) is 16.3 Å². The quantitative estimate of drug-likeness (QED) is 0.311. The summed E-state index contributed by atoms with van der Waals surface area (Å²) in [5.74, 6) is -0.927. The summed E-state index contributed by atoms with van der Waals surface area (Å²) in [7, 11) is -4.06. The molecule has 0 amide bonds. The lowest BCUT2D eigenvalue weighted by Crippen LogP contribution is -2.19. The molecule has 8 nitrogen and oxygen atoms in total. The van der Waals surface area contributed by atoms with Gasteiger partial charge in [0, 0.05) is 5.56 Å². The zero-order chi connectivity index (χ0) is 27.4. The Bertz CT molecular complexity index is 1650. The monoisotopic (exact) mass is 526 g/mol. The third-order valence-corrected chi connectivity index (χ3v) is 7.39. The molecule has 0 aliphatic heterocycles. The molecule has 2 aromatic carbocycles. The summed E-state index contributed by atoms with van der Waals surface area (Å²) in [5, 5.41) is 8.65. The lowest BCUT2D eigenvalue weighted by molar-refractivity contribution is 0.101. The average molecular weight is 527 g/mol. The van der Waals surface area contributed by atoms with Crippen LogP contribution in [0.3, 0.4) is 0 Å². The number of hydrogen-bond acceptors (Lipinski definition) is 8. The number of ketones is 1. The van der Waals surface area contributed by atoms with E-state index in [1.54, 1.807) is 6.07 Å². The number of rotatable bonds is 8. The van der Waals surface area contributed by atoms with Crippen LogP contribution in [-0.4, -0.2) is 29.9 Å². The highest BCUT2D eigenvalue weighted by atomic mass is 32.2. The van der Waals surface area contributed by atoms with Gasteiger partial charge in [-0.25, -0.2) is 18.4 Å². The van der Waals surface area contributed by atoms with E-state index >= 15 is 0 Å². The number of anilines is 1. The second-order valence-corrected chi connectivity index (χ2v) is 10.9. The number of nitriles is 1. The minimum Gasteiger partial charge on any atom is -0.438 e. The van der Waals surface area contributed by atoms with Crippen LogP contribution in [0.25, 0.3) is 11.3 Å². The molecule has 38 heavy (non-hydrogen) atoms. The highest BCUT2D eigenvalue weighted by Gasteiger charge is 2.26. The van der Waals surface area contributed by atoms with Gasteiger partial charge in [0.25, 0.3) is 0 Å². The van der Waals surface area contributed by atoms with Gasteiger partial charge < -0.3 is 10.5 Å². The van der Waals surface area contributed by atoms with E-state index in [1.807, 2.05) is 57.2 Å². The third-order valence-electron chi connectivity index (χ3n) is 5.88. The number of hydrogen-bond donors (Lipinski definition) is 1. The Morgan fingerprint density at radius 1 is 0.974 bits per heavy atom. The van der Waals surface area contributed by atoms with Crippen LogP contribution >= 0.6 is 0 Å². The number of nitrogens with zero attached hydrogens (tertiary/aromatic N) is 3. The van der Waals surface area contributed by atoms with E-state index in [1.165, 1.54) is 24.3 Å². The average Bonchev–Trinajstić information content (AvgIpc) is 2.86. The maximum atomic E-state index is 13.3. The van der Waals surface area contributed by atoms with Crippen molar-refractivity contribution in [2.45, 2.75) is 32.2 Å². The number of nitrogens with two attached hydrogens (primary N) is 1. The first-order chi connectivity index (χ1) is 18.1. The molecule has 0 aliphatic rings. The molecule has 0 bridgehead atoms. The molecule has 192 valence electrons. The van der Waals surface area contributed by atoms with Crippen molar-refractivity contribution in [1.82, 2.24) is 9.97 Å². The number of carbonyl (C=O) groups is 1. The second-order valence-electron chi connectivity index (χ2n) is 8.99. The maximum Gasteiger partial charge on any atom is 0.230 e. The van der Waals surface area contributed by atoms with Gasteiger partial charge in [0.15, 0.2) is 10.8 Å². The van der Waals surface area contributed by atoms with Gasteiger partial charge in [0.2, 0.25) is 15.7 Å². The Balaban J connectivity index is 1.76. The van der Waals surface area contributed by atoms with Crippen molar-refractivity contribution in [3.8, 4) is 29.0 Å². The highest BCUT2D eigenvalue weighted by Crippen LogP contribution is 2.33. The van der Waals surface area contributed by atoms with Crippen LogP contribution in [0.5, 0.6) is 11.6 Å². The Morgan fingerprint density at radius 2 is 1.66 bits per heavy atom. The topological polar surface area (TPSA) is 136 Å². The largest absolute Gasteiger partial charge is 0.438 e. The summed E-state index contributed by atoms with van der Waals surface area (Å²) in [6.45, 7) is 5.76. The molecule has 2 aromatic heterocycles. The molecule has 0 spiro atoms. The zero-order valence-electron chi connectivity index (χ0n) is 21.2. The summed E-state index contributed by atoms with van der Waals surface area (Å²) in [4.78, 5) is 21.8. The molecule has 0 unspecified atom stereocenters. The third kappa shape index (κ3) is 5.88. The Kier molecular flexibility index (Phi) is 7.55. The molecule has 0 fully saturated rings. The molecular formula is C29H26N4O4S. The minimum atomic E-state index is -4.06. The molecule has 4 aromatic rings. The number of sulfone groups is 1. The highest BCUT2D eigenvalue weighted by molar-refractivity contribution is 7.92.